The fourth-order valence-electron chi connectivity index (χ4n) is 2.32. The topological polar surface area (TPSA) is 35.5 Å². The van der Waals surface area contributed by atoms with Crippen LogP contribution in [0.15, 0.2) is 24.3 Å². The second-order valence-electron chi connectivity index (χ2n) is 5.03. The molecule has 4 heteroatoms. The lowest BCUT2D eigenvalue weighted by molar-refractivity contribution is -0.158. The van der Waals surface area contributed by atoms with E-state index in [9.17, 15) is 4.79 Å². The zero-order valence-corrected chi connectivity index (χ0v) is 14.2. The van der Waals surface area contributed by atoms with Crippen molar-refractivity contribution in [1.29, 1.82) is 0 Å². The summed E-state index contributed by atoms with van der Waals surface area (Å²) in [5.74, 6) is 2.15. The zero-order valence-electron chi connectivity index (χ0n) is 12.6. The number of halogens is 1. The van der Waals surface area contributed by atoms with Crippen LogP contribution in [0.5, 0.6) is 0 Å². The number of hydrogen-bond acceptors (Lipinski definition) is 3. The molecule has 0 radical (unpaired) electrons. The summed E-state index contributed by atoms with van der Waals surface area (Å²) >= 11 is 3.67. The summed E-state index contributed by atoms with van der Waals surface area (Å²) < 4.78 is 11.6. The molecule has 3 nitrogen and oxygen atoms in total. The van der Waals surface area contributed by atoms with Crippen molar-refractivity contribution in [2.75, 3.05) is 0 Å². The lowest BCUT2D eigenvalue weighted by Gasteiger charge is -2.32. The highest BCUT2D eigenvalue weighted by atomic mass is 79.9. The van der Waals surface area contributed by atoms with Crippen LogP contribution in [0, 0.1) is 12.3 Å². The van der Waals surface area contributed by atoms with Gasteiger partial charge in [-0.3, -0.25) is 4.79 Å². The zero-order chi connectivity index (χ0) is 15.7. The van der Waals surface area contributed by atoms with Crippen LogP contribution in [0.25, 0.3) is 0 Å². The maximum Gasteiger partial charge on any atom is 0.303 e. The van der Waals surface area contributed by atoms with Crippen LogP contribution >= 0.6 is 15.9 Å². The van der Waals surface area contributed by atoms with E-state index in [-0.39, 0.29) is 29.1 Å². The van der Waals surface area contributed by atoms with Gasteiger partial charge in [0.05, 0.1) is 12.2 Å². The minimum absolute atomic E-state index is 0.106. The number of hydrogen-bond donors (Lipinski definition) is 0. The minimum atomic E-state index is -0.316. The maximum absolute atomic E-state index is 11.3. The molecule has 1 aliphatic heterocycles. The van der Waals surface area contributed by atoms with Crippen molar-refractivity contribution in [3.05, 3.63) is 24.3 Å². The predicted molar refractivity (Wildman–Crippen MR) is 88.2 cm³/mol. The number of allylic oxidation sites excluding steroid dienone is 2. The number of alkyl halides is 1. The fourth-order valence-corrected chi connectivity index (χ4v) is 3.04. The Hall–Kier alpha value is -1.05. The standard InChI is InChI=1S/C17H23BrO3/c1-4-6-7-11-16(20-13(3)19)17-12-9-8-10-14(18)15(5-2)21-17/h1,6-9,14-17H,5,10-12H2,2-3H3/b7-6+,9-8-/t14-,15+,16?,17+/m0/s1. The summed E-state index contributed by atoms with van der Waals surface area (Å²) in [7, 11) is 0. The molecule has 1 aliphatic rings. The molecule has 0 aliphatic carbocycles. The van der Waals surface area contributed by atoms with E-state index in [1.165, 1.54) is 6.92 Å². The molecule has 0 saturated heterocycles. The Balaban J connectivity index is 2.83. The van der Waals surface area contributed by atoms with Crippen molar-refractivity contribution >= 4 is 21.9 Å². The average molecular weight is 355 g/mol. The van der Waals surface area contributed by atoms with E-state index < -0.39 is 0 Å². The molecule has 0 N–H and O–H groups in total. The third kappa shape index (κ3) is 6.50. The normalized spacial score (nSPS) is 29.1. The van der Waals surface area contributed by atoms with Crippen LogP contribution in [-0.4, -0.2) is 29.1 Å². The monoisotopic (exact) mass is 354 g/mol. The summed E-state index contributed by atoms with van der Waals surface area (Å²) in [4.78, 5) is 11.6. The predicted octanol–water partition coefficient (Wildman–Crippen LogP) is 3.77. The molecule has 0 fully saturated rings. The molecule has 4 atom stereocenters. The molecule has 0 spiro atoms. The van der Waals surface area contributed by atoms with Gasteiger partial charge in [0.25, 0.3) is 0 Å². The molecule has 0 saturated carbocycles. The largest absolute Gasteiger partial charge is 0.459 e. The first kappa shape index (κ1) is 18.0. The number of rotatable bonds is 5. The highest BCUT2D eigenvalue weighted by Gasteiger charge is 2.29. The van der Waals surface area contributed by atoms with Crippen molar-refractivity contribution in [3.63, 3.8) is 0 Å². The Morgan fingerprint density at radius 1 is 1.57 bits per heavy atom. The smallest absolute Gasteiger partial charge is 0.303 e. The van der Waals surface area contributed by atoms with E-state index in [0.717, 1.165) is 19.3 Å². The number of carbonyl (C=O) groups excluding carboxylic acids is 1. The first-order valence-electron chi connectivity index (χ1n) is 7.31. The Morgan fingerprint density at radius 3 is 2.90 bits per heavy atom. The number of ether oxygens (including phenoxy) is 2. The Morgan fingerprint density at radius 2 is 2.29 bits per heavy atom. The fraction of sp³-hybridized carbons (Fsp3) is 0.588. The van der Waals surface area contributed by atoms with Crippen LogP contribution in [0.4, 0.5) is 0 Å². The van der Waals surface area contributed by atoms with E-state index in [0.29, 0.717) is 6.42 Å². The van der Waals surface area contributed by atoms with Crippen molar-refractivity contribution < 1.29 is 14.3 Å². The molecule has 0 amide bonds. The van der Waals surface area contributed by atoms with Gasteiger partial charge in [0, 0.05) is 18.2 Å². The quantitative estimate of drug-likeness (QED) is 0.326. The highest BCUT2D eigenvalue weighted by Crippen LogP contribution is 2.25. The Labute approximate surface area is 135 Å². The van der Waals surface area contributed by atoms with Gasteiger partial charge in [-0.2, -0.15) is 0 Å². The Bertz CT molecular complexity index is 422. The van der Waals surface area contributed by atoms with Crippen LogP contribution in [0.3, 0.4) is 0 Å². The molecular weight excluding hydrogens is 332 g/mol. The molecule has 0 bridgehead atoms. The average Bonchev–Trinajstić information content (AvgIpc) is 2.43. The van der Waals surface area contributed by atoms with Crippen LogP contribution in [-0.2, 0) is 14.3 Å². The molecule has 1 rings (SSSR count). The number of terminal acetylenes is 1. The van der Waals surface area contributed by atoms with Gasteiger partial charge in [-0.1, -0.05) is 47.0 Å². The Kier molecular flexibility index (Phi) is 8.41. The molecule has 1 heterocycles. The maximum atomic E-state index is 11.3. The molecule has 0 aromatic heterocycles. The third-order valence-corrected chi connectivity index (χ3v) is 4.33. The van der Waals surface area contributed by atoms with Gasteiger partial charge in [-0.25, -0.2) is 0 Å². The van der Waals surface area contributed by atoms with Gasteiger partial charge < -0.3 is 9.47 Å². The molecule has 0 aromatic carbocycles. The summed E-state index contributed by atoms with van der Waals surface area (Å²) in [5.41, 5.74) is 0. The lowest BCUT2D eigenvalue weighted by atomic mass is 10.0. The van der Waals surface area contributed by atoms with Crippen LogP contribution < -0.4 is 0 Å². The summed E-state index contributed by atoms with van der Waals surface area (Å²) in [6.07, 6.45) is 15.7. The summed E-state index contributed by atoms with van der Waals surface area (Å²) in [5, 5.41) is 0. The van der Waals surface area contributed by atoms with Crippen LogP contribution in [0.1, 0.15) is 39.5 Å². The van der Waals surface area contributed by atoms with E-state index in [1.807, 2.05) is 6.08 Å². The van der Waals surface area contributed by atoms with Crippen molar-refractivity contribution in [2.45, 2.75) is 62.7 Å². The first-order valence-corrected chi connectivity index (χ1v) is 8.22. The molecule has 116 valence electrons. The van der Waals surface area contributed by atoms with Crippen LogP contribution in [0.2, 0.25) is 0 Å². The molecule has 0 aromatic rings. The number of carbonyl (C=O) groups is 1. The molecule has 21 heavy (non-hydrogen) atoms. The molecule has 1 unspecified atom stereocenters. The second-order valence-corrected chi connectivity index (χ2v) is 6.21. The third-order valence-electron chi connectivity index (χ3n) is 3.37. The lowest BCUT2D eigenvalue weighted by Crippen LogP contribution is -2.38. The minimum Gasteiger partial charge on any atom is -0.459 e. The van der Waals surface area contributed by atoms with Crippen molar-refractivity contribution in [3.8, 4) is 12.3 Å². The second kappa shape index (κ2) is 9.81. The first-order chi connectivity index (χ1) is 10.1. The van der Waals surface area contributed by atoms with E-state index >= 15 is 0 Å². The van der Waals surface area contributed by atoms with E-state index in [1.54, 1.807) is 6.08 Å². The SMILES string of the molecule is C#C/C=C/CC(OC(C)=O)[C@H]1C/C=C\C[C@H](Br)[C@@H](CC)O1. The highest BCUT2D eigenvalue weighted by molar-refractivity contribution is 9.09. The van der Waals surface area contributed by atoms with Gasteiger partial charge in [-0.15, -0.1) is 6.42 Å². The van der Waals surface area contributed by atoms with Crippen molar-refractivity contribution in [2.24, 2.45) is 0 Å². The van der Waals surface area contributed by atoms with Gasteiger partial charge in [0.1, 0.15) is 6.10 Å². The van der Waals surface area contributed by atoms with Gasteiger partial charge in [-0.05, 0) is 25.3 Å². The van der Waals surface area contributed by atoms with E-state index in [4.69, 9.17) is 15.9 Å². The van der Waals surface area contributed by atoms with Gasteiger partial charge >= 0.3 is 5.97 Å². The van der Waals surface area contributed by atoms with Gasteiger partial charge in [0.15, 0.2) is 0 Å². The van der Waals surface area contributed by atoms with Crippen molar-refractivity contribution in [1.82, 2.24) is 0 Å². The summed E-state index contributed by atoms with van der Waals surface area (Å²) in [6, 6.07) is 0. The van der Waals surface area contributed by atoms with Gasteiger partial charge in [0.2, 0.25) is 0 Å². The summed E-state index contributed by atoms with van der Waals surface area (Å²) in [6.45, 7) is 3.52. The molecular formula is C17H23BrO3. The van der Waals surface area contributed by atoms with E-state index in [2.05, 4.69) is 40.9 Å². The number of esters is 1.